The van der Waals surface area contributed by atoms with Crippen molar-refractivity contribution in [2.24, 2.45) is 0 Å². The molecule has 0 radical (unpaired) electrons. The number of nitrogens with two attached hydrogens (primary N) is 1. The molecule has 6 nitrogen and oxygen atoms in total. The second-order valence-electron chi connectivity index (χ2n) is 3.97. The molecular formula is C12H21N5O. The molecule has 0 aromatic carbocycles. The predicted molar refractivity (Wildman–Crippen MR) is 71.2 cm³/mol. The molecule has 18 heavy (non-hydrogen) atoms. The van der Waals surface area contributed by atoms with E-state index in [0.717, 1.165) is 26.1 Å². The highest BCUT2D eigenvalue weighted by atomic mass is 16.1. The van der Waals surface area contributed by atoms with Crippen molar-refractivity contribution >= 4 is 11.7 Å². The van der Waals surface area contributed by atoms with Gasteiger partial charge in [-0.05, 0) is 26.1 Å². The number of nitrogen functional groups attached to an aromatic ring is 1. The van der Waals surface area contributed by atoms with Gasteiger partial charge >= 0.3 is 0 Å². The number of nitrogens with zero attached hydrogens (tertiary/aromatic N) is 3. The predicted octanol–water partition coefficient (Wildman–Crippen LogP) is 0.521. The fourth-order valence-corrected chi connectivity index (χ4v) is 1.63. The normalized spacial score (nSPS) is 10.6. The largest absolute Gasteiger partial charge is 0.382 e. The fraction of sp³-hybridized carbons (Fsp3) is 0.583. The summed E-state index contributed by atoms with van der Waals surface area (Å²) < 4.78 is 0. The van der Waals surface area contributed by atoms with Gasteiger partial charge in [0.2, 0.25) is 0 Å². The lowest BCUT2D eigenvalue weighted by molar-refractivity contribution is 0.0946. The number of rotatable bonds is 7. The first-order valence-electron chi connectivity index (χ1n) is 6.25. The molecule has 0 aliphatic carbocycles. The van der Waals surface area contributed by atoms with Crippen molar-refractivity contribution in [1.29, 1.82) is 0 Å². The second-order valence-corrected chi connectivity index (χ2v) is 3.97. The van der Waals surface area contributed by atoms with Gasteiger partial charge in [0.05, 0.1) is 12.4 Å². The minimum atomic E-state index is -0.227. The Morgan fingerprint density at radius 1 is 1.39 bits per heavy atom. The molecule has 1 heterocycles. The smallest absolute Gasteiger partial charge is 0.271 e. The molecule has 0 unspecified atom stereocenters. The van der Waals surface area contributed by atoms with E-state index in [1.165, 1.54) is 12.4 Å². The summed E-state index contributed by atoms with van der Waals surface area (Å²) in [6.07, 6.45) is 3.75. The average Bonchev–Trinajstić information content (AvgIpc) is 2.38. The summed E-state index contributed by atoms with van der Waals surface area (Å²) in [6, 6.07) is 0. The van der Waals surface area contributed by atoms with Gasteiger partial charge in [0, 0.05) is 6.54 Å². The zero-order chi connectivity index (χ0) is 13.4. The lowest BCUT2D eigenvalue weighted by atomic mass is 10.3. The van der Waals surface area contributed by atoms with Gasteiger partial charge in [0.25, 0.3) is 5.91 Å². The van der Waals surface area contributed by atoms with Crippen LogP contribution in [-0.2, 0) is 0 Å². The van der Waals surface area contributed by atoms with Crippen LogP contribution in [0.3, 0.4) is 0 Å². The highest BCUT2D eigenvalue weighted by Gasteiger charge is 2.07. The Morgan fingerprint density at radius 3 is 2.72 bits per heavy atom. The quantitative estimate of drug-likeness (QED) is 0.690. The van der Waals surface area contributed by atoms with Crippen LogP contribution in [-0.4, -0.2) is 47.0 Å². The van der Waals surface area contributed by atoms with Crippen LogP contribution in [0.4, 0.5) is 5.82 Å². The molecule has 100 valence electrons. The molecule has 0 fully saturated rings. The van der Waals surface area contributed by atoms with Crippen LogP contribution in [0, 0.1) is 0 Å². The van der Waals surface area contributed by atoms with Crippen LogP contribution in [0.1, 0.15) is 30.8 Å². The third-order valence-corrected chi connectivity index (χ3v) is 2.72. The van der Waals surface area contributed by atoms with Crippen molar-refractivity contribution in [2.75, 3.05) is 31.9 Å². The maximum atomic E-state index is 11.7. The van der Waals surface area contributed by atoms with Crippen molar-refractivity contribution in [2.45, 2.75) is 20.3 Å². The van der Waals surface area contributed by atoms with Gasteiger partial charge < -0.3 is 16.0 Å². The van der Waals surface area contributed by atoms with Gasteiger partial charge in [-0.3, -0.25) is 9.78 Å². The number of amides is 1. The Kier molecular flexibility index (Phi) is 6.07. The number of carbonyl (C=O) groups is 1. The molecule has 1 amide bonds. The van der Waals surface area contributed by atoms with E-state index in [1.54, 1.807) is 0 Å². The summed E-state index contributed by atoms with van der Waals surface area (Å²) in [5.74, 6) is 0.0279. The third-order valence-electron chi connectivity index (χ3n) is 2.72. The van der Waals surface area contributed by atoms with Crippen molar-refractivity contribution in [3.63, 3.8) is 0 Å². The van der Waals surface area contributed by atoms with Gasteiger partial charge in [-0.15, -0.1) is 0 Å². The van der Waals surface area contributed by atoms with Gasteiger partial charge in [-0.25, -0.2) is 4.98 Å². The molecule has 0 bridgehead atoms. The zero-order valence-electron chi connectivity index (χ0n) is 11.0. The number of nitrogens with one attached hydrogen (secondary N) is 1. The van der Waals surface area contributed by atoms with Crippen LogP contribution in [0.5, 0.6) is 0 Å². The third kappa shape index (κ3) is 4.67. The monoisotopic (exact) mass is 251 g/mol. The van der Waals surface area contributed by atoms with E-state index < -0.39 is 0 Å². The Morgan fingerprint density at radius 2 is 2.11 bits per heavy atom. The molecule has 0 spiro atoms. The summed E-state index contributed by atoms with van der Waals surface area (Å²) in [5.41, 5.74) is 5.73. The maximum absolute atomic E-state index is 11.7. The first kappa shape index (κ1) is 14.4. The fourth-order valence-electron chi connectivity index (χ4n) is 1.63. The van der Waals surface area contributed by atoms with Crippen molar-refractivity contribution in [3.8, 4) is 0 Å². The van der Waals surface area contributed by atoms with Crippen LogP contribution in [0.15, 0.2) is 12.4 Å². The minimum absolute atomic E-state index is 0.227. The van der Waals surface area contributed by atoms with E-state index in [9.17, 15) is 4.79 Å². The highest BCUT2D eigenvalue weighted by Crippen LogP contribution is 1.97. The molecule has 0 saturated carbocycles. The first-order valence-corrected chi connectivity index (χ1v) is 6.25. The Balaban J connectivity index is 2.29. The number of hydrogen-bond acceptors (Lipinski definition) is 5. The lowest BCUT2D eigenvalue weighted by Crippen LogP contribution is -2.30. The van der Waals surface area contributed by atoms with Crippen molar-refractivity contribution in [3.05, 3.63) is 18.1 Å². The molecule has 0 aliphatic heterocycles. The molecule has 0 atom stereocenters. The lowest BCUT2D eigenvalue weighted by Gasteiger charge is -2.17. The molecule has 3 N–H and O–H groups in total. The Bertz CT molecular complexity index is 378. The summed E-state index contributed by atoms with van der Waals surface area (Å²) >= 11 is 0. The van der Waals surface area contributed by atoms with Gasteiger partial charge in [-0.1, -0.05) is 13.8 Å². The van der Waals surface area contributed by atoms with Gasteiger partial charge in [-0.2, -0.15) is 0 Å². The number of aromatic nitrogens is 2. The summed E-state index contributed by atoms with van der Waals surface area (Å²) in [5, 5.41) is 2.81. The van der Waals surface area contributed by atoms with Gasteiger partial charge in [0.1, 0.15) is 11.5 Å². The van der Waals surface area contributed by atoms with Crippen LogP contribution < -0.4 is 11.1 Å². The zero-order valence-corrected chi connectivity index (χ0v) is 11.0. The molecule has 1 aromatic rings. The summed E-state index contributed by atoms with van der Waals surface area (Å²) in [4.78, 5) is 21.8. The molecule has 0 aliphatic rings. The van der Waals surface area contributed by atoms with Crippen LogP contribution >= 0.6 is 0 Å². The van der Waals surface area contributed by atoms with Crippen LogP contribution in [0.2, 0.25) is 0 Å². The van der Waals surface area contributed by atoms with E-state index in [4.69, 9.17) is 5.73 Å². The van der Waals surface area contributed by atoms with Crippen molar-refractivity contribution in [1.82, 2.24) is 20.2 Å². The Labute approximate surface area is 108 Å². The van der Waals surface area contributed by atoms with E-state index in [1.807, 2.05) is 0 Å². The number of carbonyl (C=O) groups excluding carboxylic acids is 1. The SMILES string of the molecule is CCN(CC)CCCNC(=O)c1cncc(N)n1. The molecule has 1 aromatic heterocycles. The summed E-state index contributed by atoms with van der Waals surface area (Å²) in [7, 11) is 0. The summed E-state index contributed by atoms with van der Waals surface area (Å²) in [6.45, 7) is 7.94. The Hall–Kier alpha value is -1.69. The molecule has 6 heteroatoms. The van der Waals surface area contributed by atoms with Crippen molar-refractivity contribution < 1.29 is 4.79 Å². The average molecular weight is 251 g/mol. The van der Waals surface area contributed by atoms with Crippen LogP contribution in [0.25, 0.3) is 0 Å². The first-order chi connectivity index (χ1) is 8.67. The second kappa shape index (κ2) is 7.60. The van der Waals surface area contributed by atoms with Gasteiger partial charge in [0.15, 0.2) is 0 Å². The maximum Gasteiger partial charge on any atom is 0.271 e. The minimum Gasteiger partial charge on any atom is -0.382 e. The standard InChI is InChI=1S/C12H21N5O/c1-3-17(4-2)7-5-6-15-12(18)10-8-14-9-11(13)16-10/h8-9H,3-7H2,1-2H3,(H2,13,16)(H,15,18). The molecular weight excluding hydrogens is 230 g/mol. The number of anilines is 1. The van der Waals surface area contributed by atoms with E-state index in [0.29, 0.717) is 6.54 Å². The molecule has 0 saturated heterocycles. The highest BCUT2D eigenvalue weighted by molar-refractivity contribution is 5.92. The topological polar surface area (TPSA) is 84.1 Å². The van der Waals surface area contributed by atoms with E-state index in [-0.39, 0.29) is 17.4 Å². The van der Waals surface area contributed by atoms with E-state index in [2.05, 4.69) is 34.0 Å². The molecule has 1 rings (SSSR count). The van der Waals surface area contributed by atoms with E-state index >= 15 is 0 Å². The number of hydrogen-bond donors (Lipinski definition) is 2.